The summed E-state index contributed by atoms with van der Waals surface area (Å²) in [5.41, 5.74) is 1.16. The Hall–Kier alpha value is -0.100. The van der Waals surface area contributed by atoms with E-state index in [2.05, 4.69) is 49.1 Å². The van der Waals surface area contributed by atoms with Gasteiger partial charge in [0.2, 0.25) is 0 Å². The quantitative estimate of drug-likeness (QED) is 0.846. The monoisotopic (exact) mass is 376 g/mol. The first kappa shape index (κ1) is 14.3. The highest BCUT2D eigenvalue weighted by Crippen LogP contribution is 2.33. The number of rotatable bonds is 4. The van der Waals surface area contributed by atoms with Crippen LogP contribution in [-0.4, -0.2) is 36.7 Å². The summed E-state index contributed by atoms with van der Waals surface area (Å²) in [7, 11) is 2.17. The van der Waals surface area contributed by atoms with E-state index in [0.29, 0.717) is 0 Å². The molecular weight excluding hydrogens is 360 g/mol. The summed E-state index contributed by atoms with van der Waals surface area (Å²) >= 11 is 6.70. The third-order valence-corrected chi connectivity index (χ3v) is 4.54. The van der Waals surface area contributed by atoms with E-state index in [1.807, 2.05) is 12.1 Å². The maximum Gasteiger partial charge on any atom is 0.143 e. The largest absolute Gasteiger partial charge is 0.506 e. The highest BCUT2D eigenvalue weighted by Gasteiger charge is 2.18. The smallest absolute Gasteiger partial charge is 0.143 e. The molecule has 0 saturated carbocycles. The first-order chi connectivity index (χ1) is 8.56. The highest BCUT2D eigenvalue weighted by molar-refractivity contribution is 9.11. The normalized spacial score (nSPS) is 20.5. The summed E-state index contributed by atoms with van der Waals surface area (Å²) in [4.78, 5) is 2.38. The van der Waals surface area contributed by atoms with Gasteiger partial charge in [-0.3, -0.25) is 0 Å². The molecular formula is C13H18Br2N2O. The van der Waals surface area contributed by atoms with E-state index in [-0.39, 0.29) is 5.75 Å². The van der Waals surface area contributed by atoms with Gasteiger partial charge >= 0.3 is 0 Å². The second-order valence-corrected chi connectivity index (χ2v) is 6.66. The van der Waals surface area contributed by atoms with Gasteiger partial charge in [0.15, 0.2) is 0 Å². The molecule has 0 bridgehead atoms. The van der Waals surface area contributed by atoms with E-state index in [0.717, 1.165) is 33.5 Å². The average Bonchev–Trinajstić information content (AvgIpc) is 2.72. The minimum absolute atomic E-state index is 0.260. The topological polar surface area (TPSA) is 35.5 Å². The van der Waals surface area contributed by atoms with Crippen molar-refractivity contribution in [3.05, 3.63) is 26.6 Å². The third kappa shape index (κ3) is 3.70. The number of nitrogens with one attached hydrogen (secondary N) is 1. The number of hydrogen-bond donors (Lipinski definition) is 2. The summed E-state index contributed by atoms with van der Waals surface area (Å²) in [6.07, 6.45) is 1.28. The van der Waals surface area contributed by atoms with Crippen molar-refractivity contribution in [2.24, 2.45) is 5.92 Å². The predicted molar refractivity (Wildman–Crippen MR) is 80.8 cm³/mol. The molecule has 1 heterocycles. The van der Waals surface area contributed by atoms with Crippen LogP contribution in [0.4, 0.5) is 0 Å². The molecule has 1 aromatic rings. The predicted octanol–water partition coefficient (Wildman–Crippen LogP) is 2.96. The van der Waals surface area contributed by atoms with Gasteiger partial charge in [-0.2, -0.15) is 0 Å². The van der Waals surface area contributed by atoms with Crippen molar-refractivity contribution in [2.45, 2.75) is 13.0 Å². The Morgan fingerprint density at radius 2 is 2.06 bits per heavy atom. The number of halogens is 2. The molecule has 1 aliphatic rings. The minimum Gasteiger partial charge on any atom is -0.506 e. The average molecular weight is 378 g/mol. The molecule has 1 aliphatic heterocycles. The van der Waals surface area contributed by atoms with Gasteiger partial charge in [-0.1, -0.05) is 0 Å². The van der Waals surface area contributed by atoms with Gasteiger partial charge in [0.05, 0.1) is 8.95 Å². The molecule has 0 aromatic heterocycles. The summed E-state index contributed by atoms with van der Waals surface area (Å²) in [6, 6.07) is 3.90. The maximum atomic E-state index is 9.64. The van der Waals surface area contributed by atoms with Crippen molar-refractivity contribution >= 4 is 31.9 Å². The van der Waals surface area contributed by atoms with Crippen LogP contribution in [0.2, 0.25) is 0 Å². The fourth-order valence-electron chi connectivity index (χ4n) is 2.33. The molecule has 2 rings (SSSR count). The molecule has 0 radical (unpaired) electrons. The molecule has 18 heavy (non-hydrogen) atoms. The second kappa shape index (κ2) is 6.37. The zero-order valence-corrected chi connectivity index (χ0v) is 13.6. The molecule has 2 N–H and O–H groups in total. The maximum absolute atomic E-state index is 9.64. The van der Waals surface area contributed by atoms with E-state index < -0.39 is 0 Å². The van der Waals surface area contributed by atoms with E-state index in [9.17, 15) is 5.11 Å². The van der Waals surface area contributed by atoms with E-state index in [1.165, 1.54) is 19.5 Å². The second-order valence-electron chi connectivity index (χ2n) is 4.96. The van der Waals surface area contributed by atoms with Gasteiger partial charge < -0.3 is 15.3 Å². The Morgan fingerprint density at radius 1 is 1.39 bits per heavy atom. The summed E-state index contributed by atoms with van der Waals surface area (Å²) < 4.78 is 1.46. The van der Waals surface area contributed by atoms with Crippen LogP contribution in [0.3, 0.4) is 0 Å². The Balaban J connectivity index is 1.83. The third-order valence-electron chi connectivity index (χ3n) is 3.33. The Morgan fingerprint density at radius 3 is 2.61 bits per heavy atom. The Kier molecular flexibility index (Phi) is 5.06. The van der Waals surface area contributed by atoms with Crippen LogP contribution in [-0.2, 0) is 6.54 Å². The van der Waals surface area contributed by atoms with Gasteiger partial charge in [0.1, 0.15) is 5.75 Å². The first-order valence-electron chi connectivity index (χ1n) is 6.12. The van der Waals surface area contributed by atoms with Crippen LogP contribution < -0.4 is 5.32 Å². The molecule has 0 spiro atoms. The van der Waals surface area contributed by atoms with Gasteiger partial charge in [0.25, 0.3) is 0 Å². The number of phenols is 1. The SMILES string of the molecule is CN1CCC(CNCc2cc(Br)c(O)c(Br)c2)C1. The van der Waals surface area contributed by atoms with Crippen LogP contribution in [0.5, 0.6) is 5.75 Å². The van der Waals surface area contributed by atoms with E-state index in [1.54, 1.807) is 0 Å². The highest BCUT2D eigenvalue weighted by atomic mass is 79.9. The molecule has 1 atom stereocenters. The number of benzene rings is 1. The Labute approximate surface area is 125 Å². The van der Waals surface area contributed by atoms with Crippen LogP contribution in [0.15, 0.2) is 21.1 Å². The number of aromatic hydroxyl groups is 1. The molecule has 1 fully saturated rings. The van der Waals surface area contributed by atoms with Crippen LogP contribution >= 0.6 is 31.9 Å². The molecule has 3 nitrogen and oxygen atoms in total. The fraction of sp³-hybridized carbons (Fsp3) is 0.538. The van der Waals surface area contributed by atoms with Gasteiger partial charge in [-0.15, -0.1) is 0 Å². The van der Waals surface area contributed by atoms with Crippen LogP contribution in [0, 0.1) is 5.92 Å². The molecule has 1 saturated heterocycles. The number of likely N-dealkylation sites (tertiary alicyclic amines) is 1. The first-order valence-corrected chi connectivity index (χ1v) is 7.71. The number of hydrogen-bond acceptors (Lipinski definition) is 3. The van der Waals surface area contributed by atoms with Crippen molar-refractivity contribution in [1.82, 2.24) is 10.2 Å². The fourth-order valence-corrected chi connectivity index (χ4v) is 3.61. The van der Waals surface area contributed by atoms with Crippen molar-refractivity contribution in [3.63, 3.8) is 0 Å². The molecule has 1 unspecified atom stereocenters. The zero-order chi connectivity index (χ0) is 13.1. The summed E-state index contributed by atoms with van der Waals surface area (Å²) in [6.45, 7) is 4.29. The zero-order valence-electron chi connectivity index (χ0n) is 10.4. The standard InChI is InChI=1S/C13H18Br2N2O/c1-17-3-2-9(8-17)6-16-7-10-4-11(14)13(18)12(15)5-10/h4-5,9,16,18H,2-3,6-8H2,1H3. The van der Waals surface area contributed by atoms with Crippen molar-refractivity contribution in [2.75, 3.05) is 26.7 Å². The molecule has 1 aromatic carbocycles. The van der Waals surface area contributed by atoms with E-state index >= 15 is 0 Å². The van der Waals surface area contributed by atoms with Crippen molar-refractivity contribution in [1.29, 1.82) is 0 Å². The number of nitrogens with zero attached hydrogens (tertiary/aromatic N) is 1. The Bertz CT molecular complexity index is 402. The lowest BCUT2D eigenvalue weighted by molar-refractivity contribution is 0.388. The lowest BCUT2D eigenvalue weighted by atomic mass is 10.1. The van der Waals surface area contributed by atoms with Crippen molar-refractivity contribution in [3.8, 4) is 5.75 Å². The van der Waals surface area contributed by atoms with Crippen LogP contribution in [0.1, 0.15) is 12.0 Å². The number of phenolic OH excluding ortho intramolecular Hbond substituents is 1. The molecule has 100 valence electrons. The summed E-state index contributed by atoms with van der Waals surface area (Å²) in [5.74, 6) is 1.02. The van der Waals surface area contributed by atoms with Gasteiger partial charge in [-0.25, -0.2) is 0 Å². The summed E-state index contributed by atoms with van der Waals surface area (Å²) in [5, 5.41) is 13.1. The van der Waals surface area contributed by atoms with Crippen LogP contribution in [0.25, 0.3) is 0 Å². The molecule has 0 aliphatic carbocycles. The van der Waals surface area contributed by atoms with Gasteiger partial charge in [0, 0.05) is 13.1 Å². The van der Waals surface area contributed by atoms with Crippen molar-refractivity contribution < 1.29 is 5.11 Å². The lowest BCUT2D eigenvalue weighted by Crippen LogP contribution is -2.24. The molecule has 0 amide bonds. The molecule has 5 heteroatoms. The minimum atomic E-state index is 0.260. The lowest BCUT2D eigenvalue weighted by Gasteiger charge is -2.12. The van der Waals surface area contributed by atoms with Gasteiger partial charge in [-0.05, 0) is 82.0 Å². The van der Waals surface area contributed by atoms with E-state index in [4.69, 9.17) is 0 Å².